The van der Waals surface area contributed by atoms with E-state index in [1.165, 1.54) is 12.1 Å². The molecule has 0 spiro atoms. The molecule has 0 saturated heterocycles. The van der Waals surface area contributed by atoms with E-state index >= 15 is 0 Å². The van der Waals surface area contributed by atoms with Crippen LogP contribution in [-0.2, 0) is 14.3 Å². The quantitative estimate of drug-likeness (QED) is 0.606. The fourth-order valence-electron chi connectivity index (χ4n) is 1.27. The number of nitrogens with two attached hydrogens (primary N) is 1. The van der Waals surface area contributed by atoms with Gasteiger partial charge in [-0.1, -0.05) is 6.07 Å². The molecule has 0 aromatic heterocycles. The topological polar surface area (TPSA) is 98.5 Å². The number of nitrogens with one attached hydrogen (secondary N) is 1. The Labute approximate surface area is 110 Å². The number of rotatable bonds is 5. The lowest BCUT2D eigenvalue weighted by atomic mass is 10.2. The van der Waals surface area contributed by atoms with E-state index in [9.17, 15) is 14.4 Å². The third kappa shape index (κ3) is 5.03. The summed E-state index contributed by atoms with van der Waals surface area (Å²) in [5.74, 6) is -1.68. The Balaban J connectivity index is 2.64. The molecule has 0 heterocycles. The van der Waals surface area contributed by atoms with Gasteiger partial charge >= 0.3 is 5.97 Å². The van der Waals surface area contributed by atoms with Gasteiger partial charge in [-0.15, -0.1) is 0 Å². The average Bonchev–Trinajstić information content (AvgIpc) is 2.37. The van der Waals surface area contributed by atoms with Crippen molar-refractivity contribution >= 4 is 23.5 Å². The Bertz CT molecular complexity index is 523. The summed E-state index contributed by atoms with van der Waals surface area (Å²) < 4.78 is 4.63. The van der Waals surface area contributed by atoms with Crippen LogP contribution in [-0.4, -0.2) is 24.4 Å². The first-order valence-corrected chi connectivity index (χ1v) is 5.58. The van der Waals surface area contributed by atoms with Crippen molar-refractivity contribution in [1.82, 2.24) is 0 Å². The van der Waals surface area contributed by atoms with Gasteiger partial charge in [0.25, 0.3) is 0 Å². The van der Waals surface area contributed by atoms with Crippen LogP contribution in [0, 0.1) is 0 Å². The molecule has 0 fully saturated rings. The fraction of sp³-hybridized carbons (Fsp3) is 0.154. The molecule has 6 nitrogen and oxygen atoms in total. The van der Waals surface area contributed by atoms with Crippen LogP contribution < -0.4 is 11.1 Å². The van der Waals surface area contributed by atoms with Crippen LogP contribution >= 0.6 is 0 Å². The van der Waals surface area contributed by atoms with Crippen LogP contribution in [0.25, 0.3) is 0 Å². The Morgan fingerprint density at radius 1 is 1.32 bits per heavy atom. The number of hydrogen-bond acceptors (Lipinski definition) is 4. The molecular formula is C13H14N2O4. The minimum absolute atomic E-state index is 0.242. The van der Waals surface area contributed by atoms with Gasteiger partial charge in [-0.25, -0.2) is 4.79 Å². The first-order chi connectivity index (χ1) is 9.02. The molecule has 100 valence electrons. The number of primary amides is 1. The van der Waals surface area contributed by atoms with Gasteiger partial charge in [-0.05, 0) is 25.1 Å². The molecule has 2 amide bonds. The largest absolute Gasteiger partial charge is 0.463 e. The number of carbonyl (C=O) groups excluding carboxylic acids is 3. The smallest absolute Gasteiger partial charge is 0.330 e. The highest BCUT2D eigenvalue weighted by molar-refractivity contribution is 6.03. The van der Waals surface area contributed by atoms with Gasteiger partial charge in [-0.3, -0.25) is 9.59 Å². The number of carbonyl (C=O) groups is 3. The van der Waals surface area contributed by atoms with Crippen LogP contribution in [0.2, 0.25) is 0 Å². The van der Waals surface area contributed by atoms with E-state index < -0.39 is 17.8 Å². The van der Waals surface area contributed by atoms with Crippen LogP contribution in [0.3, 0.4) is 0 Å². The summed E-state index contributed by atoms with van der Waals surface area (Å²) in [6, 6.07) is 6.16. The Kier molecular flexibility index (Phi) is 5.28. The van der Waals surface area contributed by atoms with E-state index in [1.54, 1.807) is 19.1 Å². The molecule has 0 aliphatic rings. The molecule has 0 atom stereocenters. The lowest BCUT2D eigenvalue weighted by Gasteiger charge is -2.03. The Morgan fingerprint density at radius 2 is 2.05 bits per heavy atom. The molecular weight excluding hydrogens is 248 g/mol. The number of amides is 2. The first-order valence-electron chi connectivity index (χ1n) is 5.58. The number of anilines is 1. The standard InChI is InChI=1S/C13H14N2O4/c1-2-19-12(17)7-6-11(16)15-10-5-3-4-9(8-10)13(14)18/h3-8H,2H2,1H3,(H2,14,18)(H,15,16)/b7-6+. The zero-order valence-electron chi connectivity index (χ0n) is 10.4. The predicted molar refractivity (Wildman–Crippen MR) is 69.4 cm³/mol. The van der Waals surface area contributed by atoms with Gasteiger partial charge in [0.15, 0.2) is 0 Å². The molecule has 19 heavy (non-hydrogen) atoms. The first kappa shape index (κ1) is 14.4. The van der Waals surface area contributed by atoms with Gasteiger partial charge in [0.2, 0.25) is 11.8 Å². The maximum absolute atomic E-state index is 11.5. The van der Waals surface area contributed by atoms with Crippen molar-refractivity contribution in [2.75, 3.05) is 11.9 Å². The van der Waals surface area contributed by atoms with Crippen molar-refractivity contribution in [3.63, 3.8) is 0 Å². The maximum atomic E-state index is 11.5. The lowest BCUT2D eigenvalue weighted by molar-refractivity contribution is -0.137. The third-order valence-electron chi connectivity index (χ3n) is 2.07. The molecule has 6 heteroatoms. The molecule has 1 rings (SSSR count). The highest BCUT2D eigenvalue weighted by atomic mass is 16.5. The van der Waals surface area contributed by atoms with Crippen LogP contribution in [0.1, 0.15) is 17.3 Å². The minimum atomic E-state index is -0.594. The summed E-state index contributed by atoms with van der Waals surface area (Å²) in [5.41, 5.74) is 5.81. The summed E-state index contributed by atoms with van der Waals surface area (Å²) in [5, 5.41) is 2.49. The van der Waals surface area contributed by atoms with E-state index in [0.29, 0.717) is 5.69 Å². The molecule has 0 bridgehead atoms. The van der Waals surface area contributed by atoms with Crippen molar-refractivity contribution in [3.05, 3.63) is 42.0 Å². The summed E-state index contributed by atoms with van der Waals surface area (Å²) >= 11 is 0. The lowest BCUT2D eigenvalue weighted by Crippen LogP contribution is -2.13. The maximum Gasteiger partial charge on any atom is 0.330 e. The second kappa shape index (κ2) is 6.95. The molecule has 0 aliphatic heterocycles. The minimum Gasteiger partial charge on any atom is -0.463 e. The summed E-state index contributed by atoms with van der Waals surface area (Å²) in [7, 11) is 0. The second-order valence-corrected chi connectivity index (χ2v) is 3.52. The molecule has 0 radical (unpaired) electrons. The van der Waals surface area contributed by atoms with E-state index in [0.717, 1.165) is 12.2 Å². The highest BCUT2D eigenvalue weighted by Crippen LogP contribution is 2.10. The van der Waals surface area contributed by atoms with Gasteiger partial charge in [-0.2, -0.15) is 0 Å². The fourth-order valence-corrected chi connectivity index (χ4v) is 1.27. The van der Waals surface area contributed by atoms with Crippen LogP contribution in [0.5, 0.6) is 0 Å². The Morgan fingerprint density at radius 3 is 2.68 bits per heavy atom. The summed E-state index contributed by atoms with van der Waals surface area (Å²) in [6.07, 6.45) is 2.08. The van der Waals surface area contributed by atoms with E-state index in [-0.39, 0.29) is 12.2 Å². The third-order valence-corrected chi connectivity index (χ3v) is 2.07. The summed E-state index contributed by atoms with van der Waals surface area (Å²) in [4.78, 5) is 33.4. The number of ether oxygens (including phenoxy) is 1. The average molecular weight is 262 g/mol. The van der Waals surface area contributed by atoms with Crippen LogP contribution in [0.15, 0.2) is 36.4 Å². The SMILES string of the molecule is CCOC(=O)/C=C/C(=O)Nc1cccc(C(N)=O)c1. The number of hydrogen-bond donors (Lipinski definition) is 2. The zero-order valence-corrected chi connectivity index (χ0v) is 10.4. The molecule has 0 aliphatic carbocycles. The van der Waals surface area contributed by atoms with Crippen molar-refractivity contribution in [1.29, 1.82) is 0 Å². The molecule has 0 saturated carbocycles. The van der Waals surface area contributed by atoms with E-state index in [2.05, 4.69) is 10.1 Å². The number of benzene rings is 1. The summed E-state index contributed by atoms with van der Waals surface area (Å²) in [6.45, 7) is 1.91. The van der Waals surface area contributed by atoms with Crippen molar-refractivity contribution in [3.8, 4) is 0 Å². The second-order valence-electron chi connectivity index (χ2n) is 3.52. The molecule has 1 aromatic carbocycles. The van der Waals surface area contributed by atoms with E-state index in [1.807, 2.05) is 0 Å². The molecule has 1 aromatic rings. The normalized spacial score (nSPS) is 10.2. The van der Waals surface area contributed by atoms with Gasteiger partial charge in [0.05, 0.1) is 6.61 Å². The van der Waals surface area contributed by atoms with Gasteiger partial charge in [0, 0.05) is 23.4 Å². The zero-order chi connectivity index (χ0) is 14.3. The van der Waals surface area contributed by atoms with Crippen molar-refractivity contribution in [2.45, 2.75) is 6.92 Å². The number of esters is 1. The van der Waals surface area contributed by atoms with Crippen LogP contribution in [0.4, 0.5) is 5.69 Å². The molecule has 0 unspecified atom stereocenters. The Hall–Kier alpha value is -2.63. The van der Waals surface area contributed by atoms with E-state index in [4.69, 9.17) is 5.73 Å². The van der Waals surface area contributed by atoms with Crippen molar-refractivity contribution in [2.24, 2.45) is 5.73 Å². The monoisotopic (exact) mass is 262 g/mol. The van der Waals surface area contributed by atoms with Gasteiger partial charge < -0.3 is 15.8 Å². The van der Waals surface area contributed by atoms with Crippen molar-refractivity contribution < 1.29 is 19.1 Å². The van der Waals surface area contributed by atoms with Gasteiger partial charge in [0.1, 0.15) is 0 Å². The highest BCUT2D eigenvalue weighted by Gasteiger charge is 2.03. The predicted octanol–water partition coefficient (Wildman–Crippen LogP) is 0.843. The molecule has 3 N–H and O–H groups in total.